The number of aromatic nitrogens is 2. The Kier molecular flexibility index (Phi) is 2.00. The van der Waals surface area contributed by atoms with Crippen molar-refractivity contribution in [1.29, 1.82) is 0 Å². The molecule has 0 spiro atoms. The van der Waals surface area contributed by atoms with Crippen LogP contribution in [0.2, 0.25) is 0 Å². The Morgan fingerprint density at radius 2 is 2.38 bits per heavy atom. The number of esters is 1. The van der Waals surface area contributed by atoms with Crippen molar-refractivity contribution in [2.45, 2.75) is 13.0 Å². The van der Waals surface area contributed by atoms with Crippen molar-refractivity contribution >= 4 is 17.3 Å². The second-order valence-electron chi connectivity index (χ2n) is 3.51. The molecular weight excluding hydrogens is 224 g/mol. The largest absolute Gasteiger partial charge is 0.451 e. The Morgan fingerprint density at radius 1 is 1.50 bits per heavy atom. The van der Waals surface area contributed by atoms with Crippen molar-refractivity contribution in [2.24, 2.45) is 0 Å². The highest BCUT2D eigenvalue weighted by Crippen LogP contribution is 2.29. The van der Waals surface area contributed by atoms with Crippen LogP contribution in [-0.2, 0) is 4.74 Å². The van der Waals surface area contributed by atoms with Crippen LogP contribution in [0.1, 0.15) is 29.2 Å². The van der Waals surface area contributed by atoms with Crippen LogP contribution in [0.25, 0.3) is 10.6 Å². The lowest BCUT2D eigenvalue weighted by Gasteiger charge is -2.00. The van der Waals surface area contributed by atoms with E-state index < -0.39 is 0 Å². The molecule has 0 radical (unpaired) electrons. The first-order valence-corrected chi connectivity index (χ1v) is 5.75. The maximum absolute atomic E-state index is 11.5. The van der Waals surface area contributed by atoms with Gasteiger partial charge < -0.3 is 4.74 Å². The smallest absolute Gasteiger partial charge is 0.359 e. The van der Waals surface area contributed by atoms with Crippen LogP contribution < -0.4 is 0 Å². The summed E-state index contributed by atoms with van der Waals surface area (Å²) in [7, 11) is 0. The van der Waals surface area contributed by atoms with Crippen molar-refractivity contribution < 1.29 is 9.53 Å². The molecule has 3 heterocycles. The van der Waals surface area contributed by atoms with E-state index in [1.54, 1.807) is 24.5 Å². The molecule has 16 heavy (non-hydrogen) atoms. The van der Waals surface area contributed by atoms with Gasteiger partial charge in [0, 0.05) is 0 Å². The first-order valence-electron chi connectivity index (χ1n) is 4.87. The zero-order chi connectivity index (χ0) is 11.1. The van der Waals surface area contributed by atoms with Gasteiger partial charge in [-0.25, -0.2) is 9.78 Å². The third kappa shape index (κ3) is 1.32. The molecule has 1 atom stereocenters. The summed E-state index contributed by atoms with van der Waals surface area (Å²) >= 11 is 1.57. The lowest BCUT2D eigenvalue weighted by atomic mass is 10.2. The molecule has 0 N–H and O–H groups in total. The van der Waals surface area contributed by atoms with E-state index in [0.29, 0.717) is 11.4 Å². The monoisotopic (exact) mass is 232 g/mol. The van der Waals surface area contributed by atoms with Gasteiger partial charge in [-0.1, -0.05) is 6.07 Å². The van der Waals surface area contributed by atoms with E-state index in [0.717, 1.165) is 10.6 Å². The Bertz CT molecular complexity index is 551. The van der Waals surface area contributed by atoms with Gasteiger partial charge in [0.15, 0.2) is 5.69 Å². The SMILES string of the molecule is CC1OC(=O)c2nc(-c3cccs3)cnc21. The molecule has 1 unspecified atom stereocenters. The van der Waals surface area contributed by atoms with Crippen molar-refractivity contribution in [3.05, 3.63) is 35.1 Å². The standard InChI is InChI=1S/C11H8N2O2S/c1-6-9-10(11(14)15-6)13-7(5-12-9)8-3-2-4-16-8/h2-6H,1H3. The summed E-state index contributed by atoms with van der Waals surface area (Å²) < 4.78 is 5.04. The summed E-state index contributed by atoms with van der Waals surface area (Å²) in [5.74, 6) is -0.381. The molecule has 0 saturated carbocycles. The number of carbonyl (C=O) groups excluding carboxylic acids is 1. The second kappa shape index (κ2) is 3.38. The highest BCUT2D eigenvalue weighted by atomic mass is 32.1. The summed E-state index contributed by atoms with van der Waals surface area (Å²) in [6.45, 7) is 1.79. The van der Waals surface area contributed by atoms with Crippen LogP contribution in [0.4, 0.5) is 0 Å². The molecule has 0 aromatic carbocycles. The number of rotatable bonds is 1. The minimum atomic E-state index is -0.381. The van der Waals surface area contributed by atoms with Crippen LogP contribution in [-0.4, -0.2) is 15.9 Å². The maximum Gasteiger partial charge on any atom is 0.359 e. The third-order valence-electron chi connectivity index (χ3n) is 2.44. The highest BCUT2D eigenvalue weighted by molar-refractivity contribution is 7.13. The molecule has 4 nitrogen and oxygen atoms in total. The summed E-state index contributed by atoms with van der Waals surface area (Å²) in [6.07, 6.45) is 1.40. The molecule has 5 heteroatoms. The van der Waals surface area contributed by atoms with Gasteiger partial charge in [0.25, 0.3) is 0 Å². The van der Waals surface area contributed by atoms with E-state index in [4.69, 9.17) is 4.74 Å². The zero-order valence-electron chi connectivity index (χ0n) is 8.51. The first-order chi connectivity index (χ1) is 7.75. The van der Waals surface area contributed by atoms with Gasteiger partial charge in [0.1, 0.15) is 11.8 Å². The number of hydrogen-bond donors (Lipinski definition) is 0. The highest BCUT2D eigenvalue weighted by Gasteiger charge is 2.31. The van der Waals surface area contributed by atoms with Gasteiger partial charge >= 0.3 is 5.97 Å². The number of nitrogens with zero attached hydrogens (tertiary/aromatic N) is 2. The van der Waals surface area contributed by atoms with Gasteiger partial charge in [-0.3, -0.25) is 4.98 Å². The van der Waals surface area contributed by atoms with E-state index in [2.05, 4.69) is 9.97 Å². The third-order valence-corrected chi connectivity index (χ3v) is 3.33. The molecule has 2 aromatic heterocycles. The van der Waals surface area contributed by atoms with E-state index in [1.807, 2.05) is 17.5 Å². The molecule has 0 saturated heterocycles. The fourth-order valence-corrected chi connectivity index (χ4v) is 2.34. The van der Waals surface area contributed by atoms with Gasteiger partial charge in [-0.2, -0.15) is 0 Å². The molecule has 3 rings (SSSR count). The molecule has 80 valence electrons. The van der Waals surface area contributed by atoms with Gasteiger partial charge in [-0.05, 0) is 18.4 Å². The molecule has 1 aliphatic rings. The molecule has 2 aromatic rings. The minimum absolute atomic E-state index is 0.285. The van der Waals surface area contributed by atoms with Crippen LogP contribution >= 0.6 is 11.3 Å². The van der Waals surface area contributed by atoms with Crippen LogP contribution in [0.5, 0.6) is 0 Å². The fourth-order valence-electron chi connectivity index (χ4n) is 1.66. The zero-order valence-corrected chi connectivity index (χ0v) is 9.32. The van der Waals surface area contributed by atoms with Crippen LogP contribution in [0.3, 0.4) is 0 Å². The van der Waals surface area contributed by atoms with Gasteiger partial charge in [-0.15, -0.1) is 11.3 Å². The fraction of sp³-hybridized carbons (Fsp3) is 0.182. The normalized spacial score (nSPS) is 18.3. The van der Waals surface area contributed by atoms with E-state index in [1.165, 1.54) is 0 Å². The van der Waals surface area contributed by atoms with E-state index >= 15 is 0 Å². The van der Waals surface area contributed by atoms with Crippen molar-refractivity contribution in [2.75, 3.05) is 0 Å². The van der Waals surface area contributed by atoms with Crippen LogP contribution in [0, 0.1) is 0 Å². The summed E-state index contributed by atoms with van der Waals surface area (Å²) in [6, 6.07) is 3.89. The number of ether oxygens (including phenoxy) is 1. The van der Waals surface area contributed by atoms with Crippen LogP contribution in [0.15, 0.2) is 23.7 Å². The average molecular weight is 232 g/mol. The molecule has 0 aliphatic carbocycles. The average Bonchev–Trinajstić information content (AvgIpc) is 2.88. The predicted molar refractivity (Wildman–Crippen MR) is 59.2 cm³/mol. The Balaban J connectivity index is 2.13. The number of thiophene rings is 1. The Labute approximate surface area is 95.9 Å². The van der Waals surface area contributed by atoms with Gasteiger partial charge in [0.2, 0.25) is 0 Å². The number of hydrogen-bond acceptors (Lipinski definition) is 5. The van der Waals surface area contributed by atoms with E-state index in [-0.39, 0.29) is 12.1 Å². The first kappa shape index (κ1) is 9.47. The lowest BCUT2D eigenvalue weighted by molar-refractivity contribution is 0.0414. The van der Waals surface area contributed by atoms with Crippen molar-refractivity contribution in [3.63, 3.8) is 0 Å². The predicted octanol–water partition coefficient (Wildman–Crippen LogP) is 2.44. The molecule has 0 fully saturated rings. The topological polar surface area (TPSA) is 52.1 Å². The Morgan fingerprint density at radius 3 is 3.12 bits per heavy atom. The summed E-state index contributed by atoms with van der Waals surface area (Å²) in [4.78, 5) is 21.0. The van der Waals surface area contributed by atoms with Crippen molar-refractivity contribution in [1.82, 2.24) is 9.97 Å². The number of fused-ring (bicyclic) bond motifs is 1. The Hall–Kier alpha value is -1.75. The molecule has 1 aliphatic heterocycles. The number of cyclic esters (lactones) is 1. The summed E-state index contributed by atoms with van der Waals surface area (Å²) in [5, 5.41) is 1.96. The minimum Gasteiger partial charge on any atom is -0.451 e. The maximum atomic E-state index is 11.5. The molecule has 0 amide bonds. The number of carbonyl (C=O) groups is 1. The lowest BCUT2D eigenvalue weighted by Crippen LogP contribution is -1.99. The summed E-state index contributed by atoms with van der Waals surface area (Å²) in [5.41, 5.74) is 1.70. The van der Waals surface area contributed by atoms with E-state index in [9.17, 15) is 4.79 Å². The van der Waals surface area contributed by atoms with Gasteiger partial charge in [0.05, 0.1) is 16.8 Å². The second-order valence-corrected chi connectivity index (χ2v) is 4.46. The molecular formula is C11H8N2O2S. The van der Waals surface area contributed by atoms with Crippen molar-refractivity contribution in [3.8, 4) is 10.6 Å². The molecule has 0 bridgehead atoms. The quantitative estimate of drug-likeness (QED) is 0.708.